The van der Waals surface area contributed by atoms with E-state index in [0.29, 0.717) is 16.1 Å². The molecule has 0 aromatic heterocycles. The molecule has 1 N–H and O–H groups in total. The number of hydrogen-bond donors (Lipinski definition) is 1. The van der Waals surface area contributed by atoms with Crippen molar-refractivity contribution < 1.29 is 0 Å². The van der Waals surface area contributed by atoms with Crippen molar-refractivity contribution in [2.75, 3.05) is 6.54 Å². The molecule has 1 nitrogen and oxygen atoms in total. The Balaban J connectivity index is 2.71. The number of hydrogen-bond acceptors (Lipinski definition) is 1. The Morgan fingerprint density at radius 2 is 2.07 bits per heavy atom. The van der Waals surface area contributed by atoms with Crippen LogP contribution in [0.25, 0.3) is 0 Å². The van der Waals surface area contributed by atoms with E-state index in [-0.39, 0.29) is 0 Å². The highest BCUT2D eigenvalue weighted by molar-refractivity contribution is 6.42. The van der Waals surface area contributed by atoms with Crippen LogP contribution in [0.4, 0.5) is 0 Å². The first-order chi connectivity index (χ1) is 6.65. The minimum Gasteiger partial charge on any atom is -0.314 e. The van der Waals surface area contributed by atoms with Crippen molar-refractivity contribution in [3.63, 3.8) is 0 Å². The lowest BCUT2D eigenvalue weighted by atomic mass is 10.1. The molecule has 0 spiro atoms. The average Bonchev–Trinajstić information content (AvgIpc) is 2.13. The second-order valence-corrected chi connectivity index (χ2v) is 4.16. The van der Waals surface area contributed by atoms with Gasteiger partial charge >= 0.3 is 0 Å². The minimum atomic E-state index is 0.427. The molecule has 1 aromatic carbocycles. The number of nitrogens with one attached hydrogen (secondary N) is 1. The number of likely N-dealkylation sites (N-methyl/N-ethyl adjacent to an activating group) is 1. The van der Waals surface area contributed by atoms with Crippen LogP contribution in [-0.2, 0) is 6.42 Å². The smallest absolute Gasteiger partial charge is 0.0624 e. The Kier molecular flexibility index (Phi) is 4.73. The normalized spacial score (nSPS) is 12.9. The maximum atomic E-state index is 6.08. The summed E-state index contributed by atoms with van der Waals surface area (Å²) in [7, 11) is 0. The molecule has 1 aromatic rings. The predicted octanol–water partition coefficient (Wildman–Crippen LogP) is 3.53. The Hall–Kier alpha value is -0.240. The summed E-state index contributed by atoms with van der Waals surface area (Å²) in [6, 6.07) is 6.19. The van der Waals surface area contributed by atoms with E-state index >= 15 is 0 Å². The van der Waals surface area contributed by atoms with Gasteiger partial charge in [-0.2, -0.15) is 0 Å². The van der Waals surface area contributed by atoms with E-state index in [4.69, 9.17) is 23.2 Å². The summed E-state index contributed by atoms with van der Waals surface area (Å²) in [6.07, 6.45) is 0.910. The third kappa shape index (κ3) is 3.16. The topological polar surface area (TPSA) is 12.0 Å². The fraction of sp³-hybridized carbons (Fsp3) is 0.455. The van der Waals surface area contributed by atoms with Gasteiger partial charge in [0, 0.05) is 6.04 Å². The van der Waals surface area contributed by atoms with Crippen LogP contribution in [0.15, 0.2) is 18.2 Å². The van der Waals surface area contributed by atoms with Crippen molar-refractivity contribution in [3.8, 4) is 0 Å². The van der Waals surface area contributed by atoms with Crippen LogP contribution in [0.3, 0.4) is 0 Å². The monoisotopic (exact) mass is 231 g/mol. The number of benzene rings is 1. The maximum absolute atomic E-state index is 6.08. The molecule has 0 fully saturated rings. The molecule has 3 heteroatoms. The van der Waals surface area contributed by atoms with E-state index in [1.165, 1.54) is 0 Å². The van der Waals surface area contributed by atoms with Crippen LogP contribution in [0.5, 0.6) is 0 Å². The lowest BCUT2D eigenvalue weighted by molar-refractivity contribution is 0.565. The standard InChI is InChI=1S/C11H15Cl2N/c1-3-14-8(2)7-9-5-4-6-10(12)11(9)13/h4-6,8,14H,3,7H2,1-2H3. The predicted molar refractivity (Wildman–Crippen MR) is 63.3 cm³/mol. The van der Waals surface area contributed by atoms with Gasteiger partial charge < -0.3 is 5.32 Å². The summed E-state index contributed by atoms with van der Waals surface area (Å²) in [6.45, 7) is 5.20. The van der Waals surface area contributed by atoms with Gasteiger partial charge in [-0.3, -0.25) is 0 Å². The van der Waals surface area contributed by atoms with Crippen LogP contribution in [-0.4, -0.2) is 12.6 Å². The van der Waals surface area contributed by atoms with E-state index in [9.17, 15) is 0 Å². The average molecular weight is 232 g/mol. The maximum Gasteiger partial charge on any atom is 0.0624 e. The molecule has 0 aliphatic carbocycles. The first-order valence-electron chi connectivity index (χ1n) is 4.81. The first kappa shape index (κ1) is 11.8. The van der Waals surface area contributed by atoms with Crippen molar-refractivity contribution in [2.24, 2.45) is 0 Å². The van der Waals surface area contributed by atoms with Gasteiger partial charge in [-0.25, -0.2) is 0 Å². The highest BCUT2D eigenvalue weighted by atomic mass is 35.5. The summed E-state index contributed by atoms with van der Waals surface area (Å²) < 4.78 is 0. The lowest BCUT2D eigenvalue weighted by Crippen LogP contribution is -2.27. The van der Waals surface area contributed by atoms with Crippen molar-refractivity contribution in [3.05, 3.63) is 33.8 Å². The van der Waals surface area contributed by atoms with E-state index in [1.807, 2.05) is 18.2 Å². The van der Waals surface area contributed by atoms with Crippen molar-refractivity contribution >= 4 is 23.2 Å². The first-order valence-corrected chi connectivity index (χ1v) is 5.57. The molecule has 0 aliphatic rings. The molecular weight excluding hydrogens is 217 g/mol. The summed E-state index contributed by atoms with van der Waals surface area (Å²) in [5, 5.41) is 4.65. The van der Waals surface area contributed by atoms with Gasteiger partial charge in [0.2, 0.25) is 0 Å². The molecule has 1 atom stereocenters. The van der Waals surface area contributed by atoms with Crippen LogP contribution in [0, 0.1) is 0 Å². The zero-order valence-electron chi connectivity index (χ0n) is 8.48. The Morgan fingerprint density at radius 3 is 2.71 bits per heavy atom. The van der Waals surface area contributed by atoms with E-state index in [0.717, 1.165) is 18.5 Å². The molecule has 0 saturated heterocycles. The molecule has 0 heterocycles. The molecule has 0 bridgehead atoms. The molecule has 0 amide bonds. The van der Waals surface area contributed by atoms with E-state index in [2.05, 4.69) is 19.2 Å². The van der Waals surface area contributed by atoms with E-state index in [1.54, 1.807) is 0 Å². The van der Waals surface area contributed by atoms with Crippen molar-refractivity contribution in [2.45, 2.75) is 26.3 Å². The third-order valence-electron chi connectivity index (χ3n) is 2.11. The van der Waals surface area contributed by atoms with Gasteiger partial charge in [-0.15, -0.1) is 0 Å². The fourth-order valence-electron chi connectivity index (χ4n) is 1.46. The highest BCUT2D eigenvalue weighted by Crippen LogP contribution is 2.26. The zero-order chi connectivity index (χ0) is 10.6. The molecule has 78 valence electrons. The van der Waals surface area contributed by atoms with Crippen LogP contribution in [0.1, 0.15) is 19.4 Å². The third-order valence-corrected chi connectivity index (χ3v) is 2.97. The van der Waals surface area contributed by atoms with Gasteiger partial charge in [0.15, 0.2) is 0 Å². The molecule has 1 rings (SSSR count). The molecule has 0 aliphatic heterocycles. The second-order valence-electron chi connectivity index (χ2n) is 3.38. The summed E-state index contributed by atoms with van der Waals surface area (Å²) in [5.74, 6) is 0. The summed E-state index contributed by atoms with van der Waals surface area (Å²) in [4.78, 5) is 0. The summed E-state index contributed by atoms with van der Waals surface area (Å²) in [5.41, 5.74) is 1.10. The second kappa shape index (κ2) is 5.59. The van der Waals surface area contributed by atoms with Crippen LogP contribution < -0.4 is 5.32 Å². The Morgan fingerprint density at radius 1 is 1.36 bits per heavy atom. The molecule has 14 heavy (non-hydrogen) atoms. The molecular formula is C11H15Cl2N. The summed E-state index contributed by atoms with van der Waals surface area (Å²) >= 11 is 12.0. The van der Waals surface area contributed by atoms with E-state index < -0.39 is 0 Å². The zero-order valence-corrected chi connectivity index (χ0v) is 9.99. The largest absolute Gasteiger partial charge is 0.314 e. The molecule has 1 unspecified atom stereocenters. The molecule has 0 radical (unpaired) electrons. The van der Waals surface area contributed by atoms with Crippen molar-refractivity contribution in [1.82, 2.24) is 5.32 Å². The Labute approximate surface area is 95.4 Å². The number of halogens is 2. The Bertz CT molecular complexity index is 299. The van der Waals surface area contributed by atoms with Gasteiger partial charge in [0.1, 0.15) is 0 Å². The minimum absolute atomic E-state index is 0.427. The van der Waals surface area contributed by atoms with Crippen LogP contribution in [0.2, 0.25) is 10.0 Å². The van der Waals surface area contributed by atoms with Gasteiger partial charge in [0.05, 0.1) is 10.0 Å². The number of rotatable bonds is 4. The quantitative estimate of drug-likeness (QED) is 0.837. The fourth-order valence-corrected chi connectivity index (χ4v) is 1.85. The highest BCUT2D eigenvalue weighted by Gasteiger charge is 2.07. The van der Waals surface area contributed by atoms with Gasteiger partial charge in [0.25, 0.3) is 0 Å². The van der Waals surface area contributed by atoms with Crippen molar-refractivity contribution in [1.29, 1.82) is 0 Å². The lowest BCUT2D eigenvalue weighted by Gasteiger charge is -2.13. The molecule has 0 saturated carbocycles. The van der Waals surface area contributed by atoms with Gasteiger partial charge in [-0.05, 0) is 31.5 Å². The van der Waals surface area contributed by atoms with Crippen LogP contribution >= 0.6 is 23.2 Å². The van der Waals surface area contributed by atoms with Gasteiger partial charge in [-0.1, -0.05) is 42.3 Å². The SMILES string of the molecule is CCNC(C)Cc1cccc(Cl)c1Cl.